The Labute approximate surface area is 161 Å². The van der Waals surface area contributed by atoms with E-state index in [1.807, 2.05) is 24.3 Å². The predicted molar refractivity (Wildman–Crippen MR) is 109 cm³/mol. The van der Waals surface area contributed by atoms with Crippen molar-refractivity contribution >= 4 is 17.3 Å². The summed E-state index contributed by atoms with van der Waals surface area (Å²) in [6.07, 6.45) is 0. The van der Waals surface area contributed by atoms with Gasteiger partial charge in [0.25, 0.3) is 5.91 Å². The first-order chi connectivity index (χ1) is 13.0. The smallest absolute Gasteiger partial charge is 0.259 e. The van der Waals surface area contributed by atoms with Gasteiger partial charge in [-0.3, -0.25) is 4.79 Å². The number of anilines is 2. The van der Waals surface area contributed by atoms with Crippen molar-refractivity contribution < 1.29 is 19.0 Å². The van der Waals surface area contributed by atoms with Gasteiger partial charge in [0.2, 0.25) is 5.75 Å². The van der Waals surface area contributed by atoms with E-state index in [9.17, 15) is 4.79 Å². The average molecular weight is 372 g/mol. The SMILES string of the molecule is CCN(c1ccc(NC(=O)c2ccc(OC)c(OC)c2OC)cc1)C(C)C. The maximum atomic E-state index is 12.7. The molecule has 0 aliphatic heterocycles. The van der Waals surface area contributed by atoms with Gasteiger partial charge in [0.05, 0.1) is 26.9 Å². The van der Waals surface area contributed by atoms with Crippen LogP contribution in [0.5, 0.6) is 17.2 Å². The van der Waals surface area contributed by atoms with Gasteiger partial charge in [-0.05, 0) is 57.2 Å². The molecule has 1 amide bonds. The van der Waals surface area contributed by atoms with Crippen LogP contribution in [0.15, 0.2) is 36.4 Å². The Morgan fingerprint density at radius 3 is 2.07 bits per heavy atom. The predicted octanol–water partition coefficient (Wildman–Crippen LogP) is 4.20. The van der Waals surface area contributed by atoms with Gasteiger partial charge >= 0.3 is 0 Å². The monoisotopic (exact) mass is 372 g/mol. The number of hydrogen-bond donors (Lipinski definition) is 1. The molecule has 27 heavy (non-hydrogen) atoms. The van der Waals surface area contributed by atoms with Crippen molar-refractivity contribution in [2.45, 2.75) is 26.8 Å². The summed E-state index contributed by atoms with van der Waals surface area (Å²) in [5.41, 5.74) is 2.20. The number of benzene rings is 2. The summed E-state index contributed by atoms with van der Waals surface area (Å²) in [6.45, 7) is 7.36. The second-order valence-corrected chi connectivity index (χ2v) is 6.26. The van der Waals surface area contributed by atoms with E-state index in [0.29, 0.717) is 34.5 Å². The summed E-state index contributed by atoms with van der Waals surface area (Å²) < 4.78 is 16.0. The van der Waals surface area contributed by atoms with E-state index in [4.69, 9.17) is 14.2 Å². The van der Waals surface area contributed by atoms with Crippen molar-refractivity contribution in [3.63, 3.8) is 0 Å². The Morgan fingerprint density at radius 2 is 1.59 bits per heavy atom. The molecule has 6 nitrogen and oxygen atoms in total. The molecule has 0 radical (unpaired) electrons. The summed E-state index contributed by atoms with van der Waals surface area (Å²) >= 11 is 0. The molecule has 0 aliphatic carbocycles. The van der Waals surface area contributed by atoms with Crippen LogP contribution >= 0.6 is 0 Å². The molecule has 0 spiro atoms. The van der Waals surface area contributed by atoms with Gasteiger partial charge in [-0.1, -0.05) is 0 Å². The highest BCUT2D eigenvalue weighted by molar-refractivity contribution is 6.07. The van der Waals surface area contributed by atoms with E-state index < -0.39 is 0 Å². The number of nitrogens with one attached hydrogen (secondary N) is 1. The van der Waals surface area contributed by atoms with Crippen LogP contribution in [0.2, 0.25) is 0 Å². The lowest BCUT2D eigenvalue weighted by molar-refractivity contribution is 0.102. The number of hydrogen-bond acceptors (Lipinski definition) is 5. The van der Waals surface area contributed by atoms with Gasteiger partial charge in [-0.25, -0.2) is 0 Å². The second kappa shape index (κ2) is 9.16. The topological polar surface area (TPSA) is 60.0 Å². The summed E-state index contributed by atoms with van der Waals surface area (Å²) in [4.78, 5) is 15.0. The zero-order chi connectivity index (χ0) is 20.0. The Hall–Kier alpha value is -2.89. The fourth-order valence-corrected chi connectivity index (χ4v) is 3.06. The fourth-order valence-electron chi connectivity index (χ4n) is 3.06. The molecule has 0 aromatic heterocycles. The Balaban J connectivity index is 2.25. The van der Waals surface area contributed by atoms with E-state index in [-0.39, 0.29) is 5.91 Å². The lowest BCUT2D eigenvalue weighted by Gasteiger charge is -2.27. The Bertz CT molecular complexity index is 772. The van der Waals surface area contributed by atoms with Crippen LogP contribution in [0.4, 0.5) is 11.4 Å². The van der Waals surface area contributed by atoms with Gasteiger partial charge in [0.1, 0.15) is 0 Å². The minimum atomic E-state index is -0.281. The van der Waals surface area contributed by atoms with Crippen molar-refractivity contribution in [2.24, 2.45) is 0 Å². The molecule has 6 heteroatoms. The van der Waals surface area contributed by atoms with Crippen LogP contribution in [0.25, 0.3) is 0 Å². The average Bonchev–Trinajstić information content (AvgIpc) is 2.68. The zero-order valence-electron chi connectivity index (χ0n) is 16.8. The van der Waals surface area contributed by atoms with Crippen LogP contribution < -0.4 is 24.4 Å². The first-order valence-electron chi connectivity index (χ1n) is 8.93. The molecule has 0 fully saturated rings. The molecule has 0 aliphatic rings. The highest BCUT2D eigenvalue weighted by Crippen LogP contribution is 2.40. The molecule has 1 N–H and O–H groups in total. The number of nitrogens with zero attached hydrogens (tertiary/aromatic N) is 1. The normalized spacial score (nSPS) is 10.5. The van der Waals surface area contributed by atoms with Gasteiger partial charge < -0.3 is 24.4 Å². The molecule has 0 saturated carbocycles. The van der Waals surface area contributed by atoms with Crippen LogP contribution in [-0.2, 0) is 0 Å². The van der Waals surface area contributed by atoms with E-state index >= 15 is 0 Å². The summed E-state index contributed by atoms with van der Waals surface area (Å²) in [6, 6.07) is 11.5. The third kappa shape index (κ3) is 4.45. The standard InChI is InChI=1S/C21H28N2O4/c1-7-23(14(2)3)16-10-8-15(9-11-16)22-21(24)17-12-13-18(25-4)20(27-6)19(17)26-5/h8-14H,7H2,1-6H3,(H,22,24). The van der Waals surface area contributed by atoms with Gasteiger partial charge in [-0.2, -0.15) is 0 Å². The van der Waals surface area contributed by atoms with Crippen molar-refractivity contribution in [3.05, 3.63) is 42.0 Å². The molecule has 0 atom stereocenters. The number of carbonyl (C=O) groups excluding carboxylic acids is 1. The van der Waals surface area contributed by atoms with Gasteiger partial charge in [-0.15, -0.1) is 0 Å². The third-order valence-corrected chi connectivity index (χ3v) is 4.37. The van der Waals surface area contributed by atoms with Gasteiger partial charge in [0.15, 0.2) is 11.5 Å². The van der Waals surface area contributed by atoms with Crippen LogP contribution in [0.3, 0.4) is 0 Å². The maximum Gasteiger partial charge on any atom is 0.259 e. The largest absolute Gasteiger partial charge is 0.493 e. The van der Waals surface area contributed by atoms with Crippen LogP contribution in [0, 0.1) is 0 Å². The zero-order valence-corrected chi connectivity index (χ0v) is 16.8. The number of methoxy groups -OCH3 is 3. The maximum absolute atomic E-state index is 12.7. The quantitative estimate of drug-likeness (QED) is 0.752. The molecule has 2 rings (SSSR count). The number of rotatable bonds is 8. The fraction of sp³-hybridized carbons (Fsp3) is 0.381. The van der Waals surface area contributed by atoms with Crippen molar-refractivity contribution in [2.75, 3.05) is 38.1 Å². The molecule has 0 heterocycles. The Kier molecular flexibility index (Phi) is 6.93. The summed E-state index contributed by atoms with van der Waals surface area (Å²) in [5, 5.41) is 2.90. The molecule has 0 bridgehead atoms. The number of amides is 1. The van der Waals surface area contributed by atoms with Crippen molar-refractivity contribution in [3.8, 4) is 17.2 Å². The lowest BCUT2D eigenvalue weighted by Crippen LogP contribution is -2.30. The highest BCUT2D eigenvalue weighted by atomic mass is 16.5. The van der Waals surface area contributed by atoms with E-state index in [0.717, 1.165) is 12.2 Å². The molecule has 2 aromatic rings. The lowest BCUT2D eigenvalue weighted by atomic mass is 10.1. The van der Waals surface area contributed by atoms with Crippen LogP contribution in [-0.4, -0.2) is 39.8 Å². The summed E-state index contributed by atoms with van der Waals surface area (Å²) in [5.74, 6) is 0.946. The van der Waals surface area contributed by atoms with Crippen LogP contribution in [0.1, 0.15) is 31.1 Å². The molecule has 2 aromatic carbocycles. The van der Waals surface area contributed by atoms with E-state index in [2.05, 4.69) is 31.0 Å². The molecule has 0 saturated heterocycles. The minimum absolute atomic E-state index is 0.281. The molecular weight excluding hydrogens is 344 g/mol. The molecule has 0 unspecified atom stereocenters. The molecule has 146 valence electrons. The van der Waals surface area contributed by atoms with Gasteiger partial charge in [0, 0.05) is 24.0 Å². The Morgan fingerprint density at radius 1 is 0.963 bits per heavy atom. The first-order valence-corrected chi connectivity index (χ1v) is 8.93. The molecular formula is C21H28N2O4. The highest BCUT2D eigenvalue weighted by Gasteiger charge is 2.20. The number of ether oxygens (including phenoxy) is 3. The first kappa shape index (κ1) is 20.4. The van der Waals surface area contributed by atoms with E-state index in [1.165, 1.54) is 21.3 Å². The van der Waals surface area contributed by atoms with Crippen molar-refractivity contribution in [1.82, 2.24) is 0 Å². The third-order valence-electron chi connectivity index (χ3n) is 4.37. The number of carbonyl (C=O) groups is 1. The second-order valence-electron chi connectivity index (χ2n) is 6.26. The summed E-state index contributed by atoms with van der Waals surface area (Å²) in [7, 11) is 4.54. The van der Waals surface area contributed by atoms with Crippen molar-refractivity contribution in [1.29, 1.82) is 0 Å². The minimum Gasteiger partial charge on any atom is -0.493 e. The van der Waals surface area contributed by atoms with E-state index in [1.54, 1.807) is 12.1 Å².